The second-order valence-electron chi connectivity index (χ2n) is 3.56. The van der Waals surface area contributed by atoms with Crippen LogP contribution in [0.2, 0.25) is 0 Å². The van der Waals surface area contributed by atoms with Crippen LogP contribution in [0.1, 0.15) is 13.8 Å². The van der Waals surface area contributed by atoms with Gasteiger partial charge in [-0.05, 0) is 5.92 Å². The molecule has 5 N–H and O–H groups in total. The van der Waals surface area contributed by atoms with Gasteiger partial charge >= 0.3 is 5.69 Å². The monoisotopic (exact) mass is 198 g/mol. The molecule has 0 amide bonds. The molecule has 0 saturated heterocycles. The normalized spacial score (nSPS) is 10.8. The number of hydrogen-bond donors (Lipinski definition) is 3. The van der Waals surface area contributed by atoms with Gasteiger partial charge in [-0.15, -0.1) is 0 Å². The van der Waals surface area contributed by atoms with Crippen LogP contribution >= 0.6 is 0 Å². The molecule has 0 spiro atoms. The minimum absolute atomic E-state index is 0.0347. The van der Waals surface area contributed by atoms with Crippen LogP contribution in [-0.2, 0) is 6.54 Å². The molecule has 78 valence electrons. The van der Waals surface area contributed by atoms with Gasteiger partial charge in [0.2, 0.25) is 0 Å². The molecular weight excluding hydrogens is 184 g/mol. The third-order valence-electron chi connectivity index (χ3n) is 1.82. The molecule has 0 unspecified atom stereocenters. The van der Waals surface area contributed by atoms with E-state index in [1.54, 1.807) is 0 Å². The molecule has 0 radical (unpaired) electrons. The van der Waals surface area contributed by atoms with Crippen LogP contribution in [0.5, 0.6) is 0 Å². The van der Waals surface area contributed by atoms with E-state index in [-0.39, 0.29) is 17.4 Å². The van der Waals surface area contributed by atoms with Crippen molar-refractivity contribution < 1.29 is 0 Å². The van der Waals surface area contributed by atoms with E-state index in [2.05, 4.69) is 4.98 Å². The molecule has 0 aliphatic heterocycles. The number of anilines is 2. The van der Waals surface area contributed by atoms with Gasteiger partial charge in [0.05, 0.1) is 0 Å². The molecule has 6 heteroatoms. The number of rotatable bonds is 2. The fourth-order valence-electron chi connectivity index (χ4n) is 1.15. The molecule has 0 aromatic carbocycles. The van der Waals surface area contributed by atoms with Crippen LogP contribution in [0, 0.1) is 5.92 Å². The van der Waals surface area contributed by atoms with E-state index in [0.29, 0.717) is 6.54 Å². The summed E-state index contributed by atoms with van der Waals surface area (Å²) in [5.74, 6) is 0.285. The second-order valence-corrected chi connectivity index (χ2v) is 3.56. The molecule has 0 saturated carbocycles. The smallest absolute Gasteiger partial charge is 0.330 e. The van der Waals surface area contributed by atoms with Crippen LogP contribution in [0.4, 0.5) is 11.5 Å². The lowest BCUT2D eigenvalue weighted by Crippen LogP contribution is -2.34. The number of nitrogen functional groups attached to an aromatic ring is 2. The number of hydrogen-bond acceptors (Lipinski definition) is 4. The Morgan fingerprint density at radius 2 is 1.93 bits per heavy atom. The molecule has 0 bridgehead atoms. The first-order valence-electron chi connectivity index (χ1n) is 4.31. The summed E-state index contributed by atoms with van der Waals surface area (Å²) in [7, 11) is 0. The fourth-order valence-corrected chi connectivity index (χ4v) is 1.15. The SMILES string of the molecule is CC(C)Cn1c(N)c(N)c(=O)[nH]c1=O. The highest BCUT2D eigenvalue weighted by Crippen LogP contribution is 2.07. The molecule has 1 rings (SSSR count). The summed E-state index contributed by atoms with van der Waals surface area (Å²) in [5.41, 5.74) is 9.69. The minimum Gasteiger partial charge on any atom is -0.391 e. The Bertz CT molecular complexity index is 444. The van der Waals surface area contributed by atoms with Crippen molar-refractivity contribution in [3.05, 3.63) is 20.8 Å². The molecule has 0 aliphatic rings. The number of nitrogens with one attached hydrogen (secondary N) is 1. The highest BCUT2D eigenvalue weighted by molar-refractivity contribution is 5.56. The van der Waals surface area contributed by atoms with Crippen molar-refractivity contribution in [2.45, 2.75) is 20.4 Å². The van der Waals surface area contributed by atoms with Crippen LogP contribution in [0.25, 0.3) is 0 Å². The molecule has 0 fully saturated rings. The summed E-state index contributed by atoms with van der Waals surface area (Å²) in [5, 5.41) is 0. The van der Waals surface area contributed by atoms with E-state index < -0.39 is 11.2 Å². The van der Waals surface area contributed by atoms with Gasteiger partial charge in [0.25, 0.3) is 5.56 Å². The Balaban J connectivity index is 3.37. The lowest BCUT2D eigenvalue weighted by Gasteiger charge is -2.11. The molecule has 6 nitrogen and oxygen atoms in total. The Labute approximate surface area is 80.5 Å². The highest BCUT2D eigenvalue weighted by Gasteiger charge is 2.09. The Hall–Kier alpha value is -1.72. The number of aromatic nitrogens is 2. The first kappa shape index (κ1) is 10.4. The van der Waals surface area contributed by atoms with Crippen LogP contribution in [0.15, 0.2) is 9.59 Å². The van der Waals surface area contributed by atoms with Gasteiger partial charge in [-0.2, -0.15) is 0 Å². The topological polar surface area (TPSA) is 107 Å². The summed E-state index contributed by atoms with van der Waals surface area (Å²) in [6, 6.07) is 0. The first-order valence-corrected chi connectivity index (χ1v) is 4.31. The summed E-state index contributed by atoms with van der Waals surface area (Å²) >= 11 is 0. The van der Waals surface area contributed by atoms with Gasteiger partial charge < -0.3 is 11.5 Å². The van der Waals surface area contributed by atoms with Gasteiger partial charge in [-0.1, -0.05) is 13.8 Å². The Morgan fingerprint density at radius 3 is 2.43 bits per heavy atom. The Morgan fingerprint density at radius 1 is 1.36 bits per heavy atom. The van der Waals surface area contributed by atoms with Crippen molar-refractivity contribution in [1.29, 1.82) is 0 Å². The van der Waals surface area contributed by atoms with Crippen molar-refractivity contribution in [2.75, 3.05) is 11.5 Å². The molecule has 0 atom stereocenters. The molecule has 14 heavy (non-hydrogen) atoms. The van der Waals surface area contributed by atoms with Gasteiger partial charge in [0, 0.05) is 6.54 Å². The largest absolute Gasteiger partial charge is 0.391 e. The standard InChI is InChI=1S/C8H14N4O2/c1-4(2)3-12-6(10)5(9)7(13)11-8(12)14/h4H,3,9-10H2,1-2H3,(H,11,13,14). The summed E-state index contributed by atoms with van der Waals surface area (Å²) < 4.78 is 1.27. The zero-order chi connectivity index (χ0) is 10.9. The van der Waals surface area contributed by atoms with Gasteiger partial charge in [-0.3, -0.25) is 14.3 Å². The van der Waals surface area contributed by atoms with Gasteiger partial charge in [0.15, 0.2) is 0 Å². The van der Waals surface area contributed by atoms with Crippen LogP contribution in [-0.4, -0.2) is 9.55 Å². The predicted octanol–water partition coefficient (Wildman–Crippen LogP) is -0.643. The quantitative estimate of drug-likeness (QED) is 0.587. The molecule has 0 aliphatic carbocycles. The first-order chi connectivity index (χ1) is 6.43. The van der Waals surface area contributed by atoms with Crippen molar-refractivity contribution in [3.63, 3.8) is 0 Å². The van der Waals surface area contributed by atoms with E-state index in [0.717, 1.165) is 0 Å². The predicted molar refractivity (Wildman–Crippen MR) is 55.0 cm³/mol. The van der Waals surface area contributed by atoms with Crippen molar-refractivity contribution in [1.82, 2.24) is 9.55 Å². The van der Waals surface area contributed by atoms with Crippen molar-refractivity contribution in [2.24, 2.45) is 5.92 Å². The zero-order valence-corrected chi connectivity index (χ0v) is 8.20. The average molecular weight is 198 g/mol. The van der Waals surface area contributed by atoms with Crippen LogP contribution < -0.4 is 22.7 Å². The molecule has 1 heterocycles. The summed E-state index contributed by atoms with van der Waals surface area (Å²) in [6.07, 6.45) is 0. The number of H-pyrrole nitrogens is 1. The molecular formula is C8H14N4O2. The third kappa shape index (κ3) is 1.78. The Kier molecular flexibility index (Phi) is 2.64. The number of nitrogens with zero attached hydrogens (tertiary/aromatic N) is 1. The maximum atomic E-state index is 11.3. The third-order valence-corrected chi connectivity index (χ3v) is 1.82. The van der Waals surface area contributed by atoms with E-state index in [1.807, 2.05) is 13.8 Å². The summed E-state index contributed by atoms with van der Waals surface area (Å²) in [6.45, 7) is 4.31. The molecule has 1 aromatic heterocycles. The van der Waals surface area contributed by atoms with Crippen LogP contribution in [0.3, 0.4) is 0 Å². The van der Waals surface area contributed by atoms with Gasteiger partial charge in [0.1, 0.15) is 11.5 Å². The molecule has 1 aromatic rings. The minimum atomic E-state index is -0.632. The number of nitrogens with two attached hydrogens (primary N) is 2. The number of aromatic amines is 1. The second kappa shape index (κ2) is 3.57. The maximum absolute atomic E-state index is 11.3. The van der Waals surface area contributed by atoms with E-state index in [1.165, 1.54) is 4.57 Å². The van der Waals surface area contributed by atoms with Gasteiger partial charge in [-0.25, -0.2) is 4.79 Å². The van der Waals surface area contributed by atoms with E-state index in [4.69, 9.17) is 11.5 Å². The fraction of sp³-hybridized carbons (Fsp3) is 0.500. The summed E-state index contributed by atoms with van der Waals surface area (Å²) in [4.78, 5) is 24.4. The lowest BCUT2D eigenvalue weighted by molar-refractivity contribution is 0.508. The lowest BCUT2D eigenvalue weighted by atomic mass is 10.2. The average Bonchev–Trinajstić information content (AvgIpc) is 2.09. The maximum Gasteiger partial charge on any atom is 0.330 e. The highest BCUT2D eigenvalue weighted by atomic mass is 16.2. The van der Waals surface area contributed by atoms with E-state index in [9.17, 15) is 9.59 Å². The van der Waals surface area contributed by atoms with E-state index >= 15 is 0 Å². The van der Waals surface area contributed by atoms with Crippen molar-refractivity contribution in [3.8, 4) is 0 Å². The van der Waals surface area contributed by atoms with Crippen molar-refractivity contribution >= 4 is 11.5 Å². The zero-order valence-electron chi connectivity index (χ0n) is 8.20.